The summed E-state index contributed by atoms with van der Waals surface area (Å²) in [6, 6.07) is 0.793. The van der Waals surface area contributed by atoms with Crippen molar-refractivity contribution in [2.24, 2.45) is 17.1 Å². The number of hydrogen-bond acceptors (Lipinski definition) is 4. The minimum atomic E-state index is -0.726. The van der Waals surface area contributed by atoms with Crippen molar-refractivity contribution in [1.82, 2.24) is 9.80 Å². The fourth-order valence-corrected chi connectivity index (χ4v) is 4.81. The summed E-state index contributed by atoms with van der Waals surface area (Å²) in [4.78, 5) is 17.6. The first kappa shape index (κ1) is 14.0. The summed E-state index contributed by atoms with van der Waals surface area (Å²) in [6.07, 6.45) is 3.77. The number of ether oxygens (including phenoxy) is 1. The third-order valence-electron chi connectivity index (χ3n) is 6.47. The van der Waals surface area contributed by atoms with E-state index >= 15 is 0 Å². The second-order valence-corrected chi connectivity index (χ2v) is 7.84. The Labute approximate surface area is 126 Å². The number of carbonyl (C=O) groups excluding carboxylic acids is 1. The lowest BCUT2D eigenvalue weighted by atomic mass is 9.47. The summed E-state index contributed by atoms with van der Waals surface area (Å²) in [7, 11) is 0. The van der Waals surface area contributed by atoms with Gasteiger partial charge in [-0.3, -0.25) is 9.69 Å². The molecule has 0 aromatic carbocycles. The largest absolute Gasteiger partial charge is 0.377 e. The molecule has 2 aliphatic heterocycles. The van der Waals surface area contributed by atoms with Gasteiger partial charge in [0, 0.05) is 50.2 Å². The van der Waals surface area contributed by atoms with Gasteiger partial charge in [-0.05, 0) is 19.3 Å². The molecule has 2 heterocycles. The molecule has 0 bridgehead atoms. The monoisotopic (exact) mass is 293 g/mol. The van der Waals surface area contributed by atoms with Gasteiger partial charge in [0.1, 0.15) is 5.54 Å². The van der Waals surface area contributed by atoms with E-state index in [0.717, 1.165) is 45.2 Å². The van der Waals surface area contributed by atoms with Gasteiger partial charge >= 0.3 is 0 Å². The van der Waals surface area contributed by atoms with E-state index in [1.54, 1.807) is 0 Å². The van der Waals surface area contributed by atoms with E-state index in [4.69, 9.17) is 10.5 Å². The van der Waals surface area contributed by atoms with Crippen LogP contribution < -0.4 is 5.73 Å². The van der Waals surface area contributed by atoms with E-state index in [-0.39, 0.29) is 23.3 Å². The summed E-state index contributed by atoms with van der Waals surface area (Å²) in [5, 5.41) is 0. The molecule has 5 heteroatoms. The Bertz CT molecular complexity index is 454. The SMILES string of the molecule is CC1(C)C2OCCC2C1(N)C(=O)N1CCN(C2CC2)CC1. The fourth-order valence-electron chi connectivity index (χ4n) is 4.81. The topological polar surface area (TPSA) is 58.8 Å². The van der Waals surface area contributed by atoms with Crippen LogP contribution in [0.1, 0.15) is 33.1 Å². The van der Waals surface area contributed by atoms with Gasteiger partial charge in [-0.25, -0.2) is 0 Å². The second kappa shape index (κ2) is 4.43. The van der Waals surface area contributed by atoms with Gasteiger partial charge in [-0.15, -0.1) is 0 Å². The lowest BCUT2D eigenvalue weighted by molar-refractivity contribution is -0.185. The molecule has 21 heavy (non-hydrogen) atoms. The highest BCUT2D eigenvalue weighted by molar-refractivity contribution is 5.89. The smallest absolute Gasteiger partial charge is 0.243 e. The normalized spacial score (nSPS) is 42.5. The molecule has 0 radical (unpaired) electrons. The third kappa shape index (κ3) is 1.77. The van der Waals surface area contributed by atoms with Gasteiger partial charge < -0.3 is 15.4 Å². The first-order valence-electron chi connectivity index (χ1n) is 8.40. The Kier molecular flexibility index (Phi) is 2.95. The molecule has 2 saturated carbocycles. The first-order valence-corrected chi connectivity index (χ1v) is 8.40. The van der Waals surface area contributed by atoms with Crippen molar-refractivity contribution in [3.05, 3.63) is 0 Å². The highest BCUT2D eigenvalue weighted by Crippen LogP contribution is 2.58. The standard InChI is InChI=1S/C16H27N3O2/c1-15(2)13-12(5-10-21-13)16(15,17)14(20)19-8-6-18(7-9-19)11-3-4-11/h11-13H,3-10,17H2,1-2H3. The van der Waals surface area contributed by atoms with Gasteiger partial charge in [0.05, 0.1) is 6.10 Å². The zero-order chi connectivity index (χ0) is 14.8. The Hall–Kier alpha value is -0.650. The summed E-state index contributed by atoms with van der Waals surface area (Å²) in [6.45, 7) is 8.64. The van der Waals surface area contributed by atoms with Crippen LogP contribution in [0.4, 0.5) is 0 Å². The predicted octanol–water partition coefficient (Wildman–Crippen LogP) is 0.435. The first-order chi connectivity index (χ1) is 9.96. The van der Waals surface area contributed by atoms with Crippen LogP contribution in [0.2, 0.25) is 0 Å². The Morgan fingerprint density at radius 1 is 1.14 bits per heavy atom. The maximum atomic E-state index is 13.1. The van der Waals surface area contributed by atoms with Crippen molar-refractivity contribution in [2.75, 3.05) is 32.8 Å². The third-order valence-corrected chi connectivity index (χ3v) is 6.47. The van der Waals surface area contributed by atoms with Crippen molar-refractivity contribution >= 4 is 5.91 Å². The quantitative estimate of drug-likeness (QED) is 0.802. The number of nitrogens with zero attached hydrogens (tertiary/aromatic N) is 2. The maximum Gasteiger partial charge on any atom is 0.243 e. The molecule has 0 aromatic heterocycles. The molecule has 0 aromatic rings. The highest BCUT2D eigenvalue weighted by atomic mass is 16.5. The molecule has 1 amide bonds. The number of amides is 1. The van der Waals surface area contributed by atoms with Crippen molar-refractivity contribution in [2.45, 2.75) is 50.8 Å². The maximum absolute atomic E-state index is 13.1. The van der Waals surface area contributed by atoms with Crippen molar-refractivity contribution in [1.29, 1.82) is 0 Å². The number of rotatable bonds is 2. The van der Waals surface area contributed by atoms with Crippen LogP contribution in [-0.2, 0) is 9.53 Å². The van der Waals surface area contributed by atoms with Crippen LogP contribution >= 0.6 is 0 Å². The molecule has 118 valence electrons. The van der Waals surface area contributed by atoms with E-state index < -0.39 is 5.54 Å². The van der Waals surface area contributed by atoms with E-state index in [0.29, 0.717) is 0 Å². The number of carbonyl (C=O) groups is 1. The van der Waals surface area contributed by atoms with Gasteiger partial charge in [-0.2, -0.15) is 0 Å². The summed E-state index contributed by atoms with van der Waals surface area (Å²) in [5.74, 6) is 0.371. The van der Waals surface area contributed by atoms with Crippen molar-refractivity contribution < 1.29 is 9.53 Å². The number of hydrogen-bond donors (Lipinski definition) is 1. The van der Waals surface area contributed by atoms with Crippen LogP contribution in [0, 0.1) is 11.3 Å². The van der Waals surface area contributed by atoms with E-state index in [9.17, 15) is 4.79 Å². The Morgan fingerprint density at radius 3 is 2.43 bits per heavy atom. The molecule has 2 N–H and O–H groups in total. The zero-order valence-corrected chi connectivity index (χ0v) is 13.2. The summed E-state index contributed by atoms with van der Waals surface area (Å²) in [5.41, 5.74) is 5.68. The molecule has 3 unspecified atom stereocenters. The molecule has 2 saturated heterocycles. The minimum Gasteiger partial charge on any atom is -0.377 e. The zero-order valence-electron chi connectivity index (χ0n) is 13.2. The van der Waals surface area contributed by atoms with E-state index in [1.165, 1.54) is 12.8 Å². The van der Waals surface area contributed by atoms with Gasteiger partial charge in [0.2, 0.25) is 5.91 Å². The van der Waals surface area contributed by atoms with Crippen LogP contribution in [0.15, 0.2) is 0 Å². The molecule has 4 rings (SSSR count). The molecule has 3 atom stereocenters. The molecule has 0 spiro atoms. The van der Waals surface area contributed by atoms with Crippen LogP contribution in [-0.4, -0.2) is 66.2 Å². The van der Waals surface area contributed by atoms with Crippen LogP contribution in [0.25, 0.3) is 0 Å². The molecule has 2 aliphatic carbocycles. The molecule has 4 aliphatic rings. The second-order valence-electron chi connectivity index (χ2n) is 7.84. The number of nitrogens with two attached hydrogens (primary N) is 1. The summed E-state index contributed by atoms with van der Waals surface area (Å²) < 4.78 is 5.80. The molecular formula is C16H27N3O2. The van der Waals surface area contributed by atoms with Crippen LogP contribution in [0.5, 0.6) is 0 Å². The fraction of sp³-hybridized carbons (Fsp3) is 0.938. The number of fused-ring (bicyclic) bond motifs is 1. The van der Waals surface area contributed by atoms with Crippen LogP contribution in [0.3, 0.4) is 0 Å². The van der Waals surface area contributed by atoms with Gasteiger partial charge in [0.25, 0.3) is 0 Å². The molecular weight excluding hydrogens is 266 g/mol. The van der Waals surface area contributed by atoms with Crippen molar-refractivity contribution in [3.63, 3.8) is 0 Å². The summed E-state index contributed by atoms with van der Waals surface area (Å²) >= 11 is 0. The number of piperazine rings is 1. The average molecular weight is 293 g/mol. The lowest BCUT2D eigenvalue weighted by Crippen LogP contribution is -2.80. The van der Waals surface area contributed by atoms with Gasteiger partial charge in [-0.1, -0.05) is 13.8 Å². The average Bonchev–Trinajstić information content (AvgIpc) is 3.22. The molecule has 4 fully saturated rings. The van der Waals surface area contributed by atoms with E-state index in [2.05, 4.69) is 18.7 Å². The molecule has 5 nitrogen and oxygen atoms in total. The Balaban J connectivity index is 1.47. The minimum absolute atomic E-state index is 0.162. The Morgan fingerprint density at radius 2 is 1.81 bits per heavy atom. The van der Waals surface area contributed by atoms with Gasteiger partial charge in [0.15, 0.2) is 0 Å². The van der Waals surface area contributed by atoms with E-state index in [1.807, 2.05) is 4.90 Å². The lowest BCUT2D eigenvalue weighted by Gasteiger charge is -2.62. The highest BCUT2D eigenvalue weighted by Gasteiger charge is 2.71. The predicted molar refractivity (Wildman–Crippen MR) is 79.7 cm³/mol. The van der Waals surface area contributed by atoms with Crippen molar-refractivity contribution in [3.8, 4) is 0 Å².